The molecule has 0 saturated carbocycles. The molecule has 0 saturated heterocycles. The van der Waals surface area contributed by atoms with E-state index in [-0.39, 0.29) is 12.1 Å². The number of rotatable bonds is 5. The Morgan fingerprint density at radius 2 is 1.88 bits per heavy atom. The van der Waals surface area contributed by atoms with Crippen LogP contribution >= 0.6 is 0 Å². The van der Waals surface area contributed by atoms with E-state index in [1.807, 2.05) is 30.3 Å². The van der Waals surface area contributed by atoms with Gasteiger partial charge in [0.05, 0.1) is 12.8 Å². The van der Waals surface area contributed by atoms with Crippen LogP contribution in [0.4, 0.5) is 0 Å². The lowest BCUT2D eigenvalue weighted by atomic mass is 10.0. The fraction of sp³-hybridized carbons (Fsp3) is 0.167. The van der Waals surface area contributed by atoms with E-state index in [9.17, 15) is 4.79 Å². The lowest BCUT2D eigenvalue weighted by Crippen LogP contribution is -2.21. The van der Waals surface area contributed by atoms with Crippen molar-refractivity contribution in [3.05, 3.63) is 88.3 Å². The summed E-state index contributed by atoms with van der Waals surface area (Å²) in [6.45, 7) is 4.29. The molecule has 5 rings (SSSR count). The smallest absolute Gasteiger partial charge is 0.277 e. The maximum Gasteiger partial charge on any atom is 0.277 e. The molecular formula is C24H21N5O3. The van der Waals surface area contributed by atoms with Gasteiger partial charge in [-0.2, -0.15) is 10.1 Å². The van der Waals surface area contributed by atoms with Crippen molar-refractivity contribution in [3.63, 3.8) is 0 Å². The van der Waals surface area contributed by atoms with Crippen LogP contribution in [-0.4, -0.2) is 31.4 Å². The van der Waals surface area contributed by atoms with Gasteiger partial charge in [-0.05, 0) is 49.2 Å². The molecule has 0 amide bonds. The molecular weight excluding hydrogens is 406 g/mol. The Labute approximate surface area is 183 Å². The van der Waals surface area contributed by atoms with Crippen LogP contribution in [0.15, 0.2) is 70.2 Å². The van der Waals surface area contributed by atoms with Gasteiger partial charge in [0.15, 0.2) is 0 Å². The molecule has 0 atom stereocenters. The molecule has 0 bridgehead atoms. The van der Waals surface area contributed by atoms with Crippen molar-refractivity contribution < 1.29 is 9.26 Å². The van der Waals surface area contributed by atoms with Crippen LogP contribution in [0.25, 0.3) is 28.2 Å². The summed E-state index contributed by atoms with van der Waals surface area (Å²) in [5.41, 5.74) is 5.19. The summed E-state index contributed by atoms with van der Waals surface area (Å²) in [7, 11) is 1.60. The highest BCUT2D eigenvalue weighted by atomic mass is 16.5. The van der Waals surface area contributed by atoms with Crippen molar-refractivity contribution in [2.45, 2.75) is 20.4 Å². The second-order valence-electron chi connectivity index (χ2n) is 7.63. The van der Waals surface area contributed by atoms with Crippen LogP contribution < -0.4 is 10.3 Å². The SMILES string of the molecule is COc1cccc(-c2noc(Cn3ccn4nc(-c5ccc(C)c(C)c5)cc4c3=O)n2)c1. The minimum absolute atomic E-state index is 0.163. The van der Waals surface area contributed by atoms with E-state index in [1.165, 1.54) is 15.7 Å². The summed E-state index contributed by atoms with van der Waals surface area (Å²) in [4.78, 5) is 17.5. The van der Waals surface area contributed by atoms with E-state index in [2.05, 4.69) is 41.2 Å². The summed E-state index contributed by atoms with van der Waals surface area (Å²) in [6, 6.07) is 15.4. The number of fused-ring (bicyclic) bond motifs is 1. The molecule has 0 aliphatic heterocycles. The molecule has 5 aromatic rings. The van der Waals surface area contributed by atoms with Crippen LogP contribution in [0.1, 0.15) is 17.0 Å². The molecule has 2 aromatic carbocycles. The summed E-state index contributed by atoms with van der Waals surface area (Å²) >= 11 is 0. The Morgan fingerprint density at radius 1 is 1.00 bits per heavy atom. The molecule has 0 spiro atoms. The summed E-state index contributed by atoms with van der Waals surface area (Å²) in [5.74, 6) is 1.48. The van der Waals surface area contributed by atoms with E-state index >= 15 is 0 Å². The molecule has 0 unspecified atom stereocenters. The number of hydrogen-bond acceptors (Lipinski definition) is 6. The Kier molecular flexibility index (Phi) is 4.82. The first-order chi connectivity index (χ1) is 15.5. The van der Waals surface area contributed by atoms with Crippen LogP contribution in [0.5, 0.6) is 5.75 Å². The Hall–Kier alpha value is -4.20. The van der Waals surface area contributed by atoms with Gasteiger partial charge in [0.2, 0.25) is 11.7 Å². The summed E-state index contributed by atoms with van der Waals surface area (Å²) < 4.78 is 13.7. The number of nitrogens with zero attached hydrogens (tertiary/aromatic N) is 5. The molecule has 0 aliphatic rings. The molecule has 0 aliphatic carbocycles. The van der Waals surface area contributed by atoms with Gasteiger partial charge in [-0.1, -0.05) is 29.4 Å². The van der Waals surface area contributed by atoms with Crippen LogP contribution in [0, 0.1) is 13.8 Å². The highest BCUT2D eigenvalue weighted by Crippen LogP contribution is 2.23. The maximum absolute atomic E-state index is 13.1. The van der Waals surface area contributed by atoms with Gasteiger partial charge < -0.3 is 13.8 Å². The number of hydrogen-bond donors (Lipinski definition) is 0. The van der Waals surface area contributed by atoms with E-state index in [0.29, 0.717) is 23.0 Å². The van der Waals surface area contributed by atoms with Gasteiger partial charge in [-0.3, -0.25) is 4.79 Å². The third-order valence-electron chi connectivity index (χ3n) is 5.51. The Morgan fingerprint density at radius 3 is 2.69 bits per heavy atom. The maximum atomic E-state index is 13.1. The predicted molar refractivity (Wildman–Crippen MR) is 120 cm³/mol. The molecule has 3 heterocycles. The van der Waals surface area contributed by atoms with E-state index in [1.54, 1.807) is 30.1 Å². The van der Waals surface area contributed by atoms with Gasteiger partial charge >= 0.3 is 0 Å². The Balaban J connectivity index is 1.45. The van der Waals surface area contributed by atoms with Crippen molar-refractivity contribution in [1.29, 1.82) is 0 Å². The van der Waals surface area contributed by atoms with E-state index < -0.39 is 0 Å². The number of benzene rings is 2. The average Bonchev–Trinajstić information content (AvgIpc) is 3.45. The van der Waals surface area contributed by atoms with Crippen LogP contribution in [0.3, 0.4) is 0 Å². The second-order valence-corrected chi connectivity index (χ2v) is 7.63. The fourth-order valence-electron chi connectivity index (χ4n) is 3.54. The first-order valence-corrected chi connectivity index (χ1v) is 10.2. The molecule has 8 nitrogen and oxygen atoms in total. The number of aromatic nitrogens is 5. The predicted octanol–water partition coefficient (Wildman–Crippen LogP) is 3.89. The summed E-state index contributed by atoms with van der Waals surface area (Å²) in [5, 5.41) is 8.60. The highest BCUT2D eigenvalue weighted by molar-refractivity contribution is 5.66. The molecule has 3 aromatic heterocycles. The standard InChI is InChI=1S/C24H21N5O3/c1-15-7-8-17(11-16(15)2)20-13-21-24(30)28(9-10-29(21)26-20)14-22-25-23(27-32-22)18-5-4-6-19(12-18)31-3/h4-13H,14H2,1-3H3. The number of ether oxygens (including phenoxy) is 1. The number of methoxy groups -OCH3 is 1. The van der Waals surface area contributed by atoms with Gasteiger partial charge in [-0.25, -0.2) is 4.52 Å². The van der Waals surface area contributed by atoms with Gasteiger partial charge in [0, 0.05) is 23.5 Å². The molecule has 8 heteroatoms. The van der Waals surface area contributed by atoms with Crippen molar-refractivity contribution in [2.24, 2.45) is 0 Å². The number of aryl methyl sites for hydroxylation is 2. The van der Waals surface area contributed by atoms with Gasteiger partial charge in [0.1, 0.15) is 17.8 Å². The molecule has 0 N–H and O–H groups in total. The normalized spacial score (nSPS) is 11.2. The highest BCUT2D eigenvalue weighted by Gasteiger charge is 2.14. The zero-order valence-electron chi connectivity index (χ0n) is 17.9. The Bertz CT molecular complexity index is 1500. The molecule has 32 heavy (non-hydrogen) atoms. The monoisotopic (exact) mass is 427 g/mol. The van der Waals surface area contributed by atoms with Gasteiger partial charge in [-0.15, -0.1) is 0 Å². The lowest BCUT2D eigenvalue weighted by molar-refractivity contribution is 0.370. The molecule has 0 radical (unpaired) electrons. The lowest BCUT2D eigenvalue weighted by Gasteiger charge is -2.02. The van der Waals surface area contributed by atoms with Crippen molar-refractivity contribution in [3.8, 4) is 28.4 Å². The quantitative estimate of drug-likeness (QED) is 0.423. The summed E-state index contributed by atoms with van der Waals surface area (Å²) in [6.07, 6.45) is 3.42. The topological polar surface area (TPSA) is 87.5 Å². The first kappa shape index (κ1) is 19.7. The third-order valence-corrected chi connectivity index (χ3v) is 5.51. The minimum atomic E-state index is -0.184. The van der Waals surface area contributed by atoms with Crippen molar-refractivity contribution in [1.82, 2.24) is 24.3 Å². The third kappa shape index (κ3) is 3.56. The minimum Gasteiger partial charge on any atom is -0.497 e. The first-order valence-electron chi connectivity index (χ1n) is 10.2. The van der Waals surface area contributed by atoms with Crippen molar-refractivity contribution >= 4 is 5.52 Å². The zero-order chi connectivity index (χ0) is 22.2. The van der Waals surface area contributed by atoms with Crippen LogP contribution in [-0.2, 0) is 6.54 Å². The van der Waals surface area contributed by atoms with Gasteiger partial charge in [0.25, 0.3) is 5.56 Å². The van der Waals surface area contributed by atoms with E-state index in [0.717, 1.165) is 16.8 Å². The fourth-order valence-corrected chi connectivity index (χ4v) is 3.54. The van der Waals surface area contributed by atoms with Crippen LogP contribution in [0.2, 0.25) is 0 Å². The van der Waals surface area contributed by atoms with E-state index in [4.69, 9.17) is 9.26 Å². The average molecular weight is 427 g/mol. The largest absolute Gasteiger partial charge is 0.497 e. The molecule has 160 valence electrons. The van der Waals surface area contributed by atoms with Crippen molar-refractivity contribution in [2.75, 3.05) is 7.11 Å². The zero-order valence-corrected chi connectivity index (χ0v) is 17.9. The molecule has 0 fully saturated rings. The second kappa shape index (κ2) is 7.81.